The number of rotatable bonds is 1. The molecule has 5 nitrogen and oxygen atoms in total. The van der Waals surface area contributed by atoms with Crippen LogP contribution in [0.25, 0.3) is 0 Å². The van der Waals surface area contributed by atoms with E-state index in [0.717, 1.165) is 0 Å². The molecule has 0 radical (unpaired) electrons. The highest BCUT2D eigenvalue weighted by Crippen LogP contribution is 2.11. The van der Waals surface area contributed by atoms with Crippen LogP contribution in [0.15, 0.2) is 12.3 Å². The molecule has 0 aromatic carbocycles. The predicted octanol–water partition coefficient (Wildman–Crippen LogP) is -0.383. The Morgan fingerprint density at radius 2 is 2.62 bits per heavy atom. The Balaban J connectivity index is 2.06. The van der Waals surface area contributed by atoms with Crippen molar-refractivity contribution in [3.8, 4) is 0 Å². The molecule has 2 N–H and O–H groups in total. The van der Waals surface area contributed by atoms with Crippen molar-refractivity contribution >= 4 is 5.91 Å². The predicted molar refractivity (Wildman–Crippen MR) is 45.1 cm³/mol. The van der Waals surface area contributed by atoms with Gasteiger partial charge in [-0.05, 0) is 12.5 Å². The molecule has 1 amide bonds. The number of likely N-dealkylation sites (tertiary alicyclic amines) is 1. The lowest BCUT2D eigenvalue weighted by atomic mass is 10.3. The van der Waals surface area contributed by atoms with Crippen molar-refractivity contribution in [2.45, 2.75) is 12.5 Å². The van der Waals surface area contributed by atoms with Crippen molar-refractivity contribution in [2.24, 2.45) is 0 Å². The molecule has 1 aliphatic rings. The first-order valence-electron chi connectivity index (χ1n) is 4.24. The molecular formula is C8H11N3O2. The van der Waals surface area contributed by atoms with Gasteiger partial charge in [-0.25, -0.2) is 0 Å². The Kier molecular flexibility index (Phi) is 2.02. The molecule has 0 bridgehead atoms. The SMILES string of the molecule is O=C(c1ccn[nH]1)N1CCC(O)C1. The number of H-pyrrole nitrogens is 1. The zero-order valence-electron chi connectivity index (χ0n) is 7.10. The second-order valence-corrected chi connectivity index (χ2v) is 3.16. The molecule has 2 heterocycles. The van der Waals surface area contributed by atoms with Crippen molar-refractivity contribution < 1.29 is 9.90 Å². The van der Waals surface area contributed by atoms with Crippen LogP contribution in [0.2, 0.25) is 0 Å². The fraction of sp³-hybridized carbons (Fsp3) is 0.500. The monoisotopic (exact) mass is 181 g/mol. The van der Waals surface area contributed by atoms with Gasteiger partial charge < -0.3 is 10.0 Å². The fourth-order valence-corrected chi connectivity index (χ4v) is 1.47. The van der Waals surface area contributed by atoms with Crippen LogP contribution in [0.3, 0.4) is 0 Å². The lowest BCUT2D eigenvalue weighted by molar-refractivity contribution is 0.0759. The number of aliphatic hydroxyl groups is 1. The molecule has 0 spiro atoms. The maximum atomic E-state index is 11.6. The van der Waals surface area contributed by atoms with Gasteiger partial charge in [0.15, 0.2) is 0 Å². The van der Waals surface area contributed by atoms with Gasteiger partial charge in [-0.3, -0.25) is 9.89 Å². The molecular weight excluding hydrogens is 170 g/mol. The highest BCUT2D eigenvalue weighted by molar-refractivity contribution is 5.92. The zero-order chi connectivity index (χ0) is 9.26. The van der Waals surface area contributed by atoms with E-state index >= 15 is 0 Å². The molecule has 5 heteroatoms. The molecule has 1 aromatic heterocycles. The van der Waals surface area contributed by atoms with Crippen molar-refractivity contribution in [2.75, 3.05) is 13.1 Å². The van der Waals surface area contributed by atoms with Crippen LogP contribution in [0.5, 0.6) is 0 Å². The minimum absolute atomic E-state index is 0.0888. The summed E-state index contributed by atoms with van der Waals surface area (Å²) in [4.78, 5) is 13.2. The smallest absolute Gasteiger partial charge is 0.271 e. The molecule has 1 aliphatic heterocycles. The van der Waals surface area contributed by atoms with E-state index in [9.17, 15) is 9.90 Å². The molecule has 1 saturated heterocycles. The lowest BCUT2D eigenvalue weighted by Gasteiger charge is -2.13. The summed E-state index contributed by atoms with van der Waals surface area (Å²) >= 11 is 0. The van der Waals surface area contributed by atoms with E-state index in [2.05, 4.69) is 10.2 Å². The second-order valence-electron chi connectivity index (χ2n) is 3.16. The fourth-order valence-electron chi connectivity index (χ4n) is 1.47. The third-order valence-electron chi connectivity index (χ3n) is 2.18. The van der Waals surface area contributed by atoms with Gasteiger partial charge in [-0.1, -0.05) is 0 Å². The maximum absolute atomic E-state index is 11.6. The van der Waals surface area contributed by atoms with Gasteiger partial charge >= 0.3 is 0 Å². The Hall–Kier alpha value is -1.36. The summed E-state index contributed by atoms with van der Waals surface area (Å²) in [7, 11) is 0. The highest BCUT2D eigenvalue weighted by Gasteiger charge is 2.25. The number of β-amino-alcohol motifs (C(OH)–C–C–N with tert-alkyl or cyclic N) is 1. The molecule has 1 atom stereocenters. The standard InChI is InChI=1S/C8H11N3O2/c12-6-2-4-11(5-6)8(13)7-1-3-9-10-7/h1,3,6,12H,2,4-5H2,(H,9,10). The van der Waals surface area contributed by atoms with Crippen molar-refractivity contribution in [1.82, 2.24) is 15.1 Å². The van der Waals surface area contributed by atoms with E-state index in [1.807, 2.05) is 0 Å². The number of nitrogens with one attached hydrogen (secondary N) is 1. The quantitative estimate of drug-likeness (QED) is 0.620. The molecule has 1 aromatic rings. The van der Waals surface area contributed by atoms with Crippen molar-refractivity contribution in [3.63, 3.8) is 0 Å². The first-order valence-corrected chi connectivity index (χ1v) is 4.24. The van der Waals surface area contributed by atoms with Gasteiger partial charge in [0.05, 0.1) is 6.10 Å². The summed E-state index contributed by atoms with van der Waals surface area (Å²) in [5, 5.41) is 15.5. The zero-order valence-corrected chi connectivity index (χ0v) is 7.10. The summed E-state index contributed by atoms with van der Waals surface area (Å²) in [6, 6.07) is 1.63. The van der Waals surface area contributed by atoms with Gasteiger partial charge in [-0.2, -0.15) is 5.10 Å². The van der Waals surface area contributed by atoms with Crippen LogP contribution in [-0.4, -0.2) is 45.3 Å². The van der Waals surface area contributed by atoms with Crippen LogP contribution in [0.1, 0.15) is 16.9 Å². The van der Waals surface area contributed by atoms with Crippen LogP contribution < -0.4 is 0 Å². The molecule has 1 unspecified atom stereocenters. The average molecular weight is 181 g/mol. The summed E-state index contributed by atoms with van der Waals surface area (Å²) in [5.74, 6) is -0.0888. The summed E-state index contributed by atoms with van der Waals surface area (Å²) in [5.41, 5.74) is 0.481. The normalized spacial score (nSPS) is 22.2. The third-order valence-corrected chi connectivity index (χ3v) is 2.18. The van der Waals surface area contributed by atoms with E-state index in [-0.39, 0.29) is 12.0 Å². The summed E-state index contributed by atoms with van der Waals surface area (Å²) in [6.07, 6.45) is 1.84. The van der Waals surface area contributed by atoms with E-state index < -0.39 is 0 Å². The summed E-state index contributed by atoms with van der Waals surface area (Å²) < 4.78 is 0. The molecule has 0 saturated carbocycles. The van der Waals surface area contributed by atoms with Gasteiger partial charge in [0, 0.05) is 19.3 Å². The van der Waals surface area contributed by atoms with E-state index in [1.165, 1.54) is 0 Å². The molecule has 1 fully saturated rings. The van der Waals surface area contributed by atoms with Gasteiger partial charge in [0.2, 0.25) is 0 Å². The number of nitrogens with zero attached hydrogens (tertiary/aromatic N) is 2. The number of aliphatic hydroxyl groups excluding tert-OH is 1. The number of aromatic nitrogens is 2. The van der Waals surface area contributed by atoms with Crippen molar-refractivity contribution in [1.29, 1.82) is 0 Å². The number of carbonyl (C=O) groups is 1. The third kappa shape index (κ3) is 1.55. The minimum Gasteiger partial charge on any atom is -0.391 e. The first kappa shape index (κ1) is 8.25. The number of hydrogen-bond acceptors (Lipinski definition) is 3. The van der Waals surface area contributed by atoms with Crippen LogP contribution >= 0.6 is 0 Å². The van der Waals surface area contributed by atoms with Crippen LogP contribution in [0, 0.1) is 0 Å². The number of hydrogen-bond donors (Lipinski definition) is 2. The molecule has 70 valence electrons. The molecule has 0 aliphatic carbocycles. The van der Waals surface area contributed by atoms with E-state index in [4.69, 9.17) is 0 Å². The van der Waals surface area contributed by atoms with Gasteiger partial charge in [0.1, 0.15) is 5.69 Å². The Bertz CT molecular complexity index is 296. The second kappa shape index (κ2) is 3.18. The summed E-state index contributed by atoms with van der Waals surface area (Å²) in [6.45, 7) is 1.05. The maximum Gasteiger partial charge on any atom is 0.271 e. The molecule has 2 rings (SSSR count). The largest absolute Gasteiger partial charge is 0.391 e. The van der Waals surface area contributed by atoms with Crippen molar-refractivity contribution in [3.05, 3.63) is 18.0 Å². The van der Waals surface area contributed by atoms with E-state index in [0.29, 0.717) is 25.2 Å². The van der Waals surface area contributed by atoms with Gasteiger partial charge in [0.25, 0.3) is 5.91 Å². The van der Waals surface area contributed by atoms with Crippen LogP contribution in [0.4, 0.5) is 0 Å². The Morgan fingerprint density at radius 3 is 3.15 bits per heavy atom. The Labute approximate surface area is 75.4 Å². The highest BCUT2D eigenvalue weighted by atomic mass is 16.3. The number of aromatic amines is 1. The topological polar surface area (TPSA) is 69.2 Å². The minimum atomic E-state index is -0.369. The Morgan fingerprint density at radius 1 is 1.77 bits per heavy atom. The lowest BCUT2D eigenvalue weighted by Crippen LogP contribution is -2.29. The van der Waals surface area contributed by atoms with Crippen LogP contribution in [-0.2, 0) is 0 Å². The average Bonchev–Trinajstić information content (AvgIpc) is 2.72. The molecule has 13 heavy (non-hydrogen) atoms. The van der Waals surface area contributed by atoms with Gasteiger partial charge in [-0.15, -0.1) is 0 Å². The number of amides is 1. The first-order chi connectivity index (χ1) is 6.27. The van der Waals surface area contributed by atoms with E-state index in [1.54, 1.807) is 17.2 Å². The number of carbonyl (C=O) groups excluding carboxylic acids is 1.